The third kappa shape index (κ3) is 2.69. The molecule has 2 aliphatic rings. The van der Waals surface area contributed by atoms with Crippen LogP contribution in [0.5, 0.6) is 0 Å². The van der Waals surface area contributed by atoms with Crippen LogP contribution < -0.4 is 5.32 Å². The lowest BCUT2D eigenvalue weighted by Gasteiger charge is -2.46. The van der Waals surface area contributed by atoms with E-state index in [0.717, 1.165) is 19.0 Å². The summed E-state index contributed by atoms with van der Waals surface area (Å²) >= 11 is 0. The van der Waals surface area contributed by atoms with Gasteiger partial charge in [0, 0.05) is 12.5 Å². The molecular weight excluding hydrogens is 237 g/mol. The van der Waals surface area contributed by atoms with E-state index in [2.05, 4.69) is 18.3 Å². The van der Waals surface area contributed by atoms with Crippen molar-refractivity contribution < 1.29 is 4.39 Å². The highest BCUT2D eigenvalue weighted by Gasteiger charge is 2.40. The Balaban J connectivity index is 1.83. The normalized spacial score (nSPS) is 32.0. The Morgan fingerprint density at radius 2 is 2.21 bits per heavy atom. The van der Waals surface area contributed by atoms with Gasteiger partial charge in [-0.25, -0.2) is 4.39 Å². The van der Waals surface area contributed by atoms with Crippen molar-refractivity contribution in [3.05, 3.63) is 35.6 Å². The SMILES string of the molecule is CC1(CC2CCC2)CCNCC1c1cccc(F)c1. The lowest BCUT2D eigenvalue weighted by Crippen LogP contribution is -2.43. The average Bonchev–Trinajstić information content (AvgIpc) is 2.35. The van der Waals surface area contributed by atoms with Gasteiger partial charge >= 0.3 is 0 Å². The van der Waals surface area contributed by atoms with Crippen LogP contribution in [0.3, 0.4) is 0 Å². The molecule has 2 heteroatoms. The van der Waals surface area contributed by atoms with E-state index in [1.54, 1.807) is 12.1 Å². The summed E-state index contributed by atoms with van der Waals surface area (Å²) in [6.07, 6.45) is 6.74. The minimum atomic E-state index is -0.103. The maximum absolute atomic E-state index is 13.5. The van der Waals surface area contributed by atoms with Gasteiger partial charge in [0.15, 0.2) is 0 Å². The molecule has 1 N–H and O–H groups in total. The first-order valence-corrected chi connectivity index (χ1v) is 7.63. The topological polar surface area (TPSA) is 12.0 Å². The summed E-state index contributed by atoms with van der Waals surface area (Å²) in [7, 11) is 0. The Kier molecular flexibility index (Phi) is 3.62. The predicted molar refractivity (Wildman–Crippen MR) is 76.7 cm³/mol. The molecule has 3 rings (SSSR count). The van der Waals surface area contributed by atoms with Gasteiger partial charge in [-0.1, -0.05) is 38.3 Å². The third-order valence-electron chi connectivity index (χ3n) is 5.29. The van der Waals surface area contributed by atoms with Crippen molar-refractivity contribution in [1.82, 2.24) is 5.32 Å². The summed E-state index contributed by atoms with van der Waals surface area (Å²) in [6, 6.07) is 7.22. The number of piperidine rings is 1. The van der Waals surface area contributed by atoms with Gasteiger partial charge < -0.3 is 5.32 Å². The molecule has 0 spiro atoms. The van der Waals surface area contributed by atoms with Gasteiger partial charge in [-0.2, -0.15) is 0 Å². The Labute approximate surface area is 115 Å². The molecule has 1 aliphatic heterocycles. The lowest BCUT2D eigenvalue weighted by molar-refractivity contribution is 0.111. The van der Waals surface area contributed by atoms with Crippen LogP contribution >= 0.6 is 0 Å². The zero-order valence-corrected chi connectivity index (χ0v) is 11.8. The second-order valence-electron chi connectivity index (χ2n) is 6.72. The molecule has 0 bridgehead atoms. The summed E-state index contributed by atoms with van der Waals surface area (Å²) in [6.45, 7) is 4.52. The van der Waals surface area contributed by atoms with Crippen molar-refractivity contribution in [2.45, 2.75) is 44.9 Å². The monoisotopic (exact) mass is 261 g/mol. The fourth-order valence-electron chi connectivity index (χ4n) is 3.89. The van der Waals surface area contributed by atoms with Gasteiger partial charge in [0.25, 0.3) is 0 Å². The number of hydrogen-bond donors (Lipinski definition) is 1. The van der Waals surface area contributed by atoms with Crippen LogP contribution in [0.2, 0.25) is 0 Å². The molecule has 2 fully saturated rings. The quantitative estimate of drug-likeness (QED) is 0.864. The highest BCUT2D eigenvalue weighted by Crippen LogP contribution is 2.48. The van der Waals surface area contributed by atoms with Gasteiger partial charge in [0.2, 0.25) is 0 Å². The van der Waals surface area contributed by atoms with Crippen LogP contribution in [0.25, 0.3) is 0 Å². The first-order chi connectivity index (χ1) is 9.17. The number of hydrogen-bond acceptors (Lipinski definition) is 1. The van der Waals surface area contributed by atoms with Crippen molar-refractivity contribution in [1.29, 1.82) is 0 Å². The van der Waals surface area contributed by atoms with Crippen molar-refractivity contribution in [3.8, 4) is 0 Å². The van der Waals surface area contributed by atoms with Gasteiger partial charge in [0.1, 0.15) is 5.82 Å². The summed E-state index contributed by atoms with van der Waals surface area (Å²) in [5.74, 6) is 1.27. The van der Waals surface area contributed by atoms with E-state index >= 15 is 0 Å². The first-order valence-electron chi connectivity index (χ1n) is 7.63. The molecule has 2 unspecified atom stereocenters. The lowest BCUT2D eigenvalue weighted by atomic mass is 9.62. The molecule has 0 radical (unpaired) electrons. The fourth-order valence-corrected chi connectivity index (χ4v) is 3.89. The maximum Gasteiger partial charge on any atom is 0.123 e. The highest BCUT2D eigenvalue weighted by atomic mass is 19.1. The van der Waals surface area contributed by atoms with E-state index in [9.17, 15) is 4.39 Å². The molecule has 0 amide bonds. The summed E-state index contributed by atoms with van der Waals surface area (Å²) in [4.78, 5) is 0. The second kappa shape index (κ2) is 5.24. The van der Waals surface area contributed by atoms with Gasteiger partial charge in [0.05, 0.1) is 0 Å². The van der Waals surface area contributed by atoms with Crippen molar-refractivity contribution in [3.63, 3.8) is 0 Å². The smallest absolute Gasteiger partial charge is 0.123 e. The van der Waals surface area contributed by atoms with Gasteiger partial charge in [-0.3, -0.25) is 0 Å². The van der Waals surface area contributed by atoms with Crippen LogP contribution in [0.1, 0.15) is 50.5 Å². The summed E-state index contributed by atoms with van der Waals surface area (Å²) in [5, 5.41) is 3.49. The van der Waals surface area contributed by atoms with E-state index in [0.29, 0.717) is 11.3 Å². The number of rotatable bonds is 3. The molecule has 19 heavy (non-hydrogen) atoms. The molecule has 0 aromatic heterocycles. The molecular formula is C17H24FN. The standard InChI is InChI=1S/C17H24FN/c1-17(11-13-4-2-5-13)8-9-19-12-16(17)14-6-3-7-15(18)10-14/h3,6-7,10,13,16,19H,2,4-5,8-9,11-12H2,1H3. The van der Waals surface area contributed by atoms with E-state index in [4.69, 9.17) is 0 Å². The Morgan fingerprint density at radius 1 is 1.37 bits per heavy atom. The van der Waals surface area contributed by atoms with Crippen LogP contribution in [0, 0.1) is 17.2 Å². The molecule has 1 aromatic rings. The fraction of sp³-hybridized carbons (Fsp3) is 0.647. The summed E-state index contributed by atoms with van der Waals surface area (Å²) < 4.78 is 13.5. The largest absolute Gasteiger partial charge is 0.316 e. The van der Waals surface area contributed by atoms with E-state index < -0.39 is 0 Å². The predicted octanol–water partition coefficient (Wildman–Crippen LogP) is 4.10. The zero-order chi connectivity index (χ0) is 13.3. The van der Waals surface area contributed by atoms with Crippen molar-refractivity contribution in [2.75, 3.05) is 13.1 Å². The molecule has 1 aromatic carbocycles. The first kappa shape index (κ1) is 13.1. The molecule has 1 aliphatic carbocycles. The molecule has 1 saturated heterocycles. The van der Waals surface area contributed by atoms with Crippen molar-refractivity contribution >= 4 is 0 Å². The molecule has 2 atom stereocenters. The zero-order valence-electron chi connectivity index (χ0n) is 11.8. The van der Waals surface area contributed by atoms with Crippen molar-refractivity contribution in [2.24, 2.45) is 11.3 Å². The van der Waals surface area contributed by atoms with E-state index in [-0.39, 0.29) is 5.82 Å². The second-order valence-corrected chi connectivity index (χ2v) is 6.72. The van der Waals surface area contributed by atoms with Crippen LogP contribution in [0.15, 0.2) is 24.3 Å². The minimum Gasteiger partial charge on any atom is -0.316 e. The highest BCUT2D eigenvalue weighted by molar-refractivity contribution is 5.24. The molecule has 104 valence electrons. The average molecular weight is 261 g/mol. The number of benzene rings is 1. The van der Waals surface area contributed by atoms with Crippen LogP contribution in [-0.2, 0) is 0 Å². The van der Waals surface area contributed by atoms with Crippen LogP contribution in [0.4, 0.5) is 4.39 Å². The van der Waals surface area contributed by atoms with Gasteiger partial charge in [-0.15, -0.1) is 0 Å². The molecule has 1 heterocycles. The maximum atomic E-state index is 13.5. The number of halogens is 1. The minimum absolute atomic E-state index is 0.103. The molecule has 1 nitrogen and oxygen atoms in total. The molecule has 1 saturated carbocycles. The van der Waals surface area contributed by atoms with Crippen LogP contribution in [-0.4, -0.2) is 13.1 Å². The van der Waals surface area contributed by atoms with E-state index in [1.807, 2.05) is 6.07 Å². The van der Waals surface area contributed by atoms with E-state index in [1.165, 1.54) is 37.7 Å². The summed E-state index contributed by atoms with van der Waals surface area (Å²) in [5.41, 5.74) is 1.51. The Morgan fingerprint density at radius 3 is 2.89 bits per heavy atom. The Bertz CT molecular complexity index is 441. The van der Waals surface area contributed by atoms with Gasteiger partial charge in [-0.05, 0) is 48.4 Å². The third-order valence-corrected chi connectivity index (χ3v) is 5.29. The number of nitrogens with one attached hydrogen (secondary N) is 1. The Hall–Kier alpha value is -0.890.